The number of hydrazone groups is 1. The first-order valence-electron chi connectivity index (χ1n) is 11.2. The number of rotatable bonds is 4. The Bertz CT molecular complexity index is 1670. The fourth-order valence-corrected chi connectivity index (χ4v) is 5.17. The minimum atomic E-state index is -4.41. The number of para-hydroxylation sites is 1. The normalized spacial score (nSPS) is 14.8. The summed E-state index contributed by atoms with van der Waals surface area (Å²) in [6, 6.07) is 20.6. The number of benzene rings is 3. The van der Waals surface area contributed by atoms with Crippen LogP contribution >= 0.6 is 11.3 Å². The zero-order chi connectivity index (χ0) is 26.9. The molecule has 1 aliphatic heterocycles. The van der Waals surface area contributed by atoms with Gasteiger partial charge >= 0.3 is 11.0 Å². The summed E-state index contributed by atoms with van der Waals surface area (Å²) in [5.74, 6) is -0.0968. The molecule has 37 heavy (non-hydrogen) atoms. The lowest BCUT2D eigenvalue weighted by molar-refractivity contribution is -0.627. The summed E-state index contributed by atoms with van der Waals surface area (Å²) in [4.78, 5) is 15.5. The van der Waals surface area contributed by atoms with Gasteiger partial charge in [-0.25, -0.2) is 17.8 Å². The third-order valence-electron chi connectivity index (χ3n) is 5.88. The van der Waals surface area contributed by atoms with Gasteiger partial charge in [-0.2, -0.15) is 0 Å². The summed E-state index contributed by atoms with van der Waals surface area (Å²) in [5.41, 5.74) is 4.61. The van der Waals surface area contributed by atoms with Crippen molar-refractivity contribution < 1.29 is 26.5 Å². The van der Waals surface area contributed by atoms with Crippen LogP contribution in [0.4, 0.5) is 10.8 Å². The molecular weight excluding hydrogens is 512 g/mol. The van der Waals surface area contributed by atoms with E-state index in [0.717, 1.165) is 50.2 Å². The molecule has 11 heteroatoms. The van der Waals surface area contributed by atoms with Gasteiger partial charge in [-0.05, 0) is 58.5 Å². The number of hydrogen-bond acceptors (Lipinski definition) is 8. The van der Waals surface area contributed by atoms with Crippen LogP contribution < -0.4 is 14.5 Å². The van der Waals surface area contributed by atoms with Crippen LogP contribution in [-0.2, 0) is 26.4 Å². The SMILES string of the molecule is CC1=NN(c2sc3ccccc3[n+]2C)C(=O)C1=Cc1ccc(N(C)C)c2ccccc12.COS(=O)(=O)[O-]. The van der Waals surface area contributed by atoms with Gasteiger partial charge in [0.2, 0.25) is 10.4 Å². The second-order valence-electron chi connectivity index (χ2n) is 8.46. The molecule has 0 bridgehead atoms. The molecule has 0 saturated heterocycles. The first-order valence-corrected chi connectivity index (χ1v) is 13.4. The molecule has 5 rings (SSSR count). The lowest BCUT2D eigenvalue weighted by atomic mass is 9.99. The summed E-state index contributed by atoms with van der Waals surface area (Å²) in [6.45, 7) is 1.90. The van der Waals surface area contributed by atoms with Crippen molar-refractivity contribution in [1.29, 1.82) is 0 Å². The summed E-state index contributed by atoms with van der Waals surface area (Å²) >= 11 is 1.57. The molecule has 2 heterocycles. The largest absolute Gasteiger partial charge is 0.726 e. The van der Waals surface area contributed by atoms with Crippen molar-refractivity contribution in [2.75, 3.05) is 31.1 Å². The minimum Gasteiger partial charge on any atom is -0.726 e. The Kier molecular flexibility index (Phi) is 7.42. The van der Waals surface area contributed by atoms with Crippen LogP contribution in [0.2, 0.25) is 0 Å². The standard InChI is InChI=1S/C25H23N4OS.CH4O4S/c1-16-20(15-17-13-14-21(27(2)3)19-10-6-5-9-18(17)19)24(30)29(26-16)25-28(4)22-11-7-8-12-23(22)31-25;1-5-6(2,3)4/h5-15H,1-4H3;1H3,(H,2,3,4)/q+1;/p-1. The van der Waals surface area contributed by atoms with Gasteiger partial charge in [-0.3, -0.25) is 4.18 Å². The molecule has 1 aromatic heterocycles. The number of aryl methyl sites for hydroxylation is 1. The van der Waals surface area contributed by atoms with E-state index in [1.165, 1.54) is 5.01 Å². The maximum Gasteiger partial charge on any atom is 0.370 e. The van der Waals surface area contributed by atoms with Crippen molar-refractivity contribution in [1.82, 2.24) is 0 Å². The molecule has 0 atom stereocenters. The summed E-state index contributed by atoms with van der Waals surface area (Å²) in [7, 11) is 2.45. The highest BCUT2D eigenvalue weighted by molar-refractivity contribution is 7.80. The smallest absolute Gasteiger partial charge is 0.370 e. The van der Waals surface area contributed by atoms with Gasteiger partial charge in [-0.1, -0.05) is 47.6 Å². The first kappa shape index (κ1) is 26.4. The number of thiazole rings is 1. The fraction of sp³-hybridized carbons (Fsp3) is 0.192. The highest BCUT2D eigenvalue weighted by atomic mass is 32.3. The average molecular weight is 539 g/mol. The Balaban J connectivity index is 0.000000480. The Morgan fingerprint density at radius 2 is 1.68 bits per heavy atom. The number of carbonyl (C=O) groups is 1. The van der Waals surface area contributed by atoms with Gasteiger partial charge in [0.15, 0.2) is 0 Å². The van der Waals surface area contributed by atoms with E-state index >= 15 is 0 Å². The van der Waals surface area contributed by atoms with Crippen LogP contribution in [0.1, 0.15) is 12.5 Å². The van der Waals surface area contributed by atoms with Gasteiger partial charge in [0.05, 0.1) is 30.1 Å². The van der Waals surface area contributed by atoms with Crippen LogP contribution in [0.15, 0.2) is 71.3 Å². The third kappa shape index (κ3) is 5.39. The van der Waals surface area contributed by atoms with Gasteiger partial charge in [-0.15, -0.1) is 0 Å². The molecule has 0 radical (unpaired) electrons. The Morgan fingerprint density at radius 3 is 2.30 bits per heavy atom. The number of carbonyl (C=O) groups excluding carboxylic acids is 1. The highest BCUT2D eigenvalue weighted by Gasteiger charge is 2.39. The van der Waals surface area contributed by atoms with Gasteiger partial charge in [0, 0.05) is 25.2 Å². The van der Waals surface area contributed by atoms with E-state index in [1.54, 1.807) is 11.3 Å². The van der Waals surface area contributed by atoms with Gasteiger partial charge in [0.25, 0.3) is 0 Å². The quantitative estimate of drug-likeness (QED) is 0.169. The van der Waals surface area contributed by atoms with Crippen molar-refractivity contribution in [2.24, 2.45) is 12.1 Å². The first-order chi connectivity index (χ1) is 17.5. The zero-order valence-corrected chi connectivity index (χ0v) is 22.6. The van der Waals surface area contributed by atoms with E-state index in [1.807, 2.05) is 63.0 Å². The molecule has 0 saturated carbocycles. The second kappa shape index (κ2) is 10.4. The topological polar surface area (TPSA) is 106 Å². The molecule has 0 unspecified atom stereocenters. The minimum absolute atomic E-state index is 0.0968. The molecule has 1 aliphatic rings. The summed E-state index contributed by atoms with van der Waals surface area (Å²) in [5, 5.41) is 9.23. The maximum absolute atomic E-state index is 13.4. The van der Waals surface area contributed by atoms with E-state index in [4.69, 9.17) is 0 Å². The molecule has 192 valence electrons. The van der Waals surface area contributed by atoms with Crippen molar-refractivity contribution in [3.8, 4) is 0 Å². The van der Waals surface area contributed by atoms with Crippen LogP contribution in [0.25, 0.3) is 27.1 Å². The van der Waals surface area contributed by atoms with Crippen molar-refractivity contribution >= 4 is 71.2 Å². The Labute approximate surface area is 219 Å². The summed E-state index contributed by atoms with van der Waals surface area (Å²) in [6.07, 6.45) is 1.97. The third-order valence-corrected chi connectivity index (χ3v) is 7.48. The zero-order valence-electron chi connectivity index (χ0n) is 21.0. The molecule has 0 fully saturated rings. The lowest BCUT2D eigenvalue weighted by Gasteiger charge is -2.16. The van der Waals surface area contributed by atoms with Crippen molar-refractivity contribution in [3.05, 3.63) is 71.8 Å². The average Bonchev–Trinajstić information content (AvgIpc) is 3.34. The number of anilines is 2. The van der Waals surface area contributed by atoms with Gasteiger partial charge in [0.1, 0.15) is 5.52 Å². The Hall–Kier alpha value is -3.64. The monoisotopic (exact) mass is 538 g/mol. The summed E-state index contributed by atoms with van der Waals surface area (Å²) < 4.78 is 34.2. The predicted molar refractivity (Wildman–Crippen MR) is 147 cm³/mol. The molecule has 9 nitrogen and oxygen atoms in total. The maximum atomic E-state index is 13.4. The number of nitrogens with zero attached hydrogens (tertiary/aromatic N) is 4. The number of hydrogen-bond donors (Lipinski definition) is 0. The molecule has 3 aromatic carbocycles. The molecule has 1 amide bonds. The van der Waals surface area contributed by atoms with E-state index in [0.29, 0.717) is 5.57 Å². The Morgan fingerprint density at radius 1 is 1.05 bits per heavy atom. The molecular formula is C26H26N4O5S2. The highest BCUT2D eigenvalue weighted by Crippen LogP contribution is 2.33. The molecule has 0 spiro atoms. The second-order valence-corrected chi connectivity index (χ2v) is 10.6. The number of fused-ring (bicyclic) bond motifs is 2. The van der Waals surface area contributed by atoms with E-state index < -0.39 is 10.4 Å². The van der Waals surface area contributed by atoms with E-state index in [9.17, 15) is 17.8 Å². The van der Waals surface area contributed by atoms with Crippen LogP contribution in [0.3, 0.4) is 0 Å². The van der Waals surface area contributed by atoms with Crippen LogP contribution in [-0.4, -0.2) is 45.8 Å². The van der Waals surface area contributed by atoms with Gasteiger partial charge < -0.3 is 9.45 Å². The van der Waals surface area contributed by atoms with Crippen molar-refractivity contribution in [2.45, 2.75) is 6.92 Å². The van der Waals surface area contributed by atoms with Crippen molar-refractivity contribution in [3.63, 3.8) is 0 Å². The molecule has 0 N–H and O–H groups in total. The predicted octanol–water partition coefficient (Wildman–Crippen LogP) is 3.84. The fourth-order valence-electron chi connectivity index (χ4n) is 4.07. The lowest BCUT2D eigenvalue weighted by Crippen LogP contribution is -2.36. The van der Waals surface area contributed by atoms with Crippen LogP contribution in [0, 0.1) is 0 Å². The molecule has 4 aromatic rings. The van der Waals surface area contributed by atoms with E-state index in [-0.39, 0.29) is 5.91 Å². The van der Waals surface area contributed by atoms with Crippen LogP contribution in [0.5, 0.6) is 0 Å². The number of aromatic nitrogens is 1. The molecule has 0 aliphatic carbocycles. The number of amides is 1. The van der Waals surface area contributed by atoms with E-state index in [2.05, 4.69) is 50.6 Å².